The van der Waals surface area contributed by atoms with Gasteiger partial charge in [-0.05, 0) is 24.3 Å². The first-order chi connectivity index (χ1) is 13.0. The molecule has 5 atom stereocenters. The van der Waals surface area contributed by atoms with E-state index in [9.17, 15) is 20.1 Å². The zero-order valence-electron chi connectivity index (χ0n) is 14.5. The molecule has 0 saturated carbocycles. The van der Waals surface area contributed by atoms with Crippen molar-refractivity contribution in [1.29, 1.82) is 0 Å². The molecule has 0 unspecified atom stereocenters. The van der Waals surface area contributed by atoms with E-state index in [1.54, 1.807) is 31.2 Å². The van der Waals surface area contributed by atoms with E-state index in [0.29, 0.717) is 28.3 Å². The number of benzene rings is 2. The molecular formula is C19H19NO7. The van der Waals surface area contributed by atoms with E-state index in [2.05, 4.69) is 4.98 Å². The fourth-order valence-electron chi connectivity index (χ4n) is 3.17. The highest BCUT2D eigenvalue weighted by Gasteiger charge is 2.43. The Hall–Kier alpha value is -2.52. The topological polar surface area (TPSA) is 122 Å². The van der Waals surface area contributed by atoms with E-state index in [1.807, 2.05) is 0 Å². The van der Waals surface area contributed by atoms with Crippen LogP contribution in [-0.2, 0) is 4.74 Å². The molecule has 2 heterocycles. The molecule has 0 radical (unpaired) electrons. The van der Waals surface area contributed by atoms with Gasteiger partial charge in [0.1, 0.15) is 23.1 Å². The lowest BCUT2D eigenvalue weighted by Gasteiger charge is -2.40. The fraction of sp³-hybridized carbons (Fsp3) is 0.368. The summed E-state index contributed by atoms with van der Waals surface area (Å²) in [4.78, 5) is 15.9. The minimum atomic E-state index is -1.27. The van der Waals surface area contributed by atoms with Crippen molar-refractivity contribution in [2.75, 3.05) is 6.61 Å². The summed E-state index contributed by atoms with van der Waals surface area (Å²) in [5.74, 6) is 0.243. The Balaban J connectivity index is 1.65. The highest BCUT2D eigenvalue weighted by molar-refractivity contribution is 5.77. The minimum Gasteiger partial charge on any atom is -0.462 e. The smallest absolute Gasteiger partial charge is 0.229 e. The molecule has 0 aromatic heterocycles. The third-order valence-electron chi connectivity index (χ3n) is 4.82. The van der Waals surface area contributed by atoms with Gasteiger partial charge < -0.3 is 29.2 Å². The van der Waals surface area contributed by atoms with Crippen LogP contribution in [0.25, 0.3) is 22.6 Å². The third kappa shape index (κ3) is 3.28. The number of fused-ring (bicyclic) bond motifs is 2. The number of aliphatic hydroxyl groups excluding tert-OH is 3. The van der Waals surface area contributed by atoms with E-state index in [-0.39, 0.29) is 12.0 Å². The van der Waals surface area contributed by atoms with Crippen LogP contribution < -0.4 is 10.2 Å². The molecule has 0 bridgehead atoms. The van der Waals surface area contributed by atoms with Crippen molar-refractivity contribution in [3.8, 4) is 17.2 Å². The number of aromatic nitrogens is 1. The average Bonchev–Trinajstić information content (AvgIpc) is 2.66. The van der Waals surface area contributed by atoms with Crippen LogP contribution in [0.4, 0.5) is 0 Å². The van der Waals surface area contributed by atoms with Crippen molar-refractivity contribution >= 4 is 11.1 Å². The lowest BCUT2D eigenvalue weighted by Crippen LogP contribution is -2.56. The van der Waals surface area contributed by atoms with Gasteiger partial charge >= 0.3 is 0 Å². The fourth-order valence-corrected chi connectivity index (χ4v) is 3.17. The summed E-state index contributed by atoms with van der Waals surface area (Å²) in [7, 11) is 0. The second kappa shape index (κ2) is 6.90. The first-order valence-electron chi connectivity index (χ1n) is 8.60. The lowest BCUT2D eigenvalue weighted by atomic mass is 9.91. The maximum Gasteiger partial charge on any atom is 0.229 e. The lowest BCUT2D eigenvalue weighted by molar-refractivity contribution is -0.260. The van der Waals surface area contributed by atoms with Crippen molar-refractivity contribution < 1.29 is 29.2 Å². The molecule has 1 fully saturated rings. The second-order valence-electron chi connectivity index (χ2n) is 6.66. The van der Waals surface area contributed by atoms with Crippen LogP contribution in [0.3, 0.4) is 0 Å². The predicted molar refractivity (Wildman–Crippen MR) is 94.5 cm³/mol. The summed E-state index contributed by atoms with van der Waals surface area (Å²) in [6.07, 6.45) is -4.16. The molecule has 1 aromatic carbocycles. The summed E-state index contributed by atoms with van der Waals surface area (Å²) in [5, 5.41) is 29.7. The number of hydrogen-bond acceptors (Lipinski definition) is 8. The third-order valence-corrected chi connectivity index (χ3v) is 4.82. The van der Waals surface area contributed by atoms with Gasteiger partial charge in [0.05, 0.1) is 18.8 Å². The monoisotopic (exact) mass is 373 g/mol. The molecule has 8 heteroatoms. The van der Waals surface area contributed by atoms with Gasteiger partial charge in [-0.25, -0.2) is 4.98 Å². The molecule has 3 N–H and O–H groups in total. The number of hydrogen-bond donors (Lipinski definition) is 3. The normalized spacial score (nSPS) is 28.5. The largest absolute Gasteiger partial charge is 0.462 e. The maximum absolute atomic E-state index is 11.5. The van der Waals surface area contributed by atoms with Crippen molar-refractivity contribution in [3.63, 3.8) is 0 Å². The Morgan fingerprint density at radius 1 is 1.15 bits per heavy atom. The number of aliphatic hydroxyl groups is 3. The maximum atomic E-state index is 11.5. The molecule has 4 rings (SSSR count). The summed E-state index contributed by atoms with van der Waals surface area (Å²) in [6, 6.07) is 9.23. The van der Waals surface area contributed by atoms with Gasteiger partial charge in [-0.2, -0.15) is 0 Å². The van der Waals surface area contributed by atoms with Crippen molar-refractivity contribution in [2.24, 2.45) is 5.92 Å². The second-order valence-corrected chi connectivity index (χ2v) is 6.66. The predicted octanol–water partition coefficient (Wildman–Crippen LogP) is 0.747. The van der Waals surface area contributed by atoms with Crippen molar-refractivity contribution in [3.05, 3.63) is 46.6 Å². The van der Waals surface area contributed by atoms with Crippen LogP contribution in [0.15, 0.2) is 45.6 Å². The highest BCUT2D eigenvalue weighted by Crippen LogP contribution is 2.30. The van der Waals surface area contributed by atoms with Crippen LogP contribution in [-0.4, -0.2) is 51.5 Å². The molecule has 1 saturated heterocycles. The Labute approximate surface area is 153 Å². The van der Waals surface area contributed by atoms with Gasteiger partial charge in [0.15, 0.2) is 16.8 Å². The number of nitrogens with zero attached hydrogens (tertiary/aromatic N) is 1. The standard InChI is InChI=1S/C19H19NO7/c1-9-16(8-21)27-19(18(24)17(9)23)25-11-3-5-13-15(7-11)26-14-6-10(22)2-4-12(14)20-13/h2-7,9,16-19,21,23-24H,8H2,1H3/t9-,16-,17+,18-,19-/m1/s1. The van der Waals surface area contributed by atoms with E-state index >= 15 is 0 Å². The Morgan fingerprint density at radius 3 is 2.74 bits per heavy atom. The summed E-state index contributed by atoms with van der Waals surface area (Å²) < 4.78 is 17.0. The van der Waals surface area contributed by atoms with Crippen molar-refractivity contribution in [1.82, 2.24) is 4.98 Å². The number of ether oxygens (including phenoxy) is 2. The van der Waals surface area contributed by atoms with Crippen molar-refractivity contribution in [2.45, 2.75) is 31.5 Å². The SMILES string of the molecule is C[C@H]1[C@H](O)[C@@H](O)[C@H](Oc2ccc3nc4ccc(=O)cc-4oc3c2)O[C@@H]1CO. The van der Waals surface area contributed by atoms with Gasteiger partial charge in [0.25, 0.3) is 0 Å². The Morgan fingerprint density at radius 2 is 1.96 bits per heavy atom. The first-order valence-corrected chi connectivity index (χ1v) is 8.60. The molecule has 0 spiro atoms. The highest BCUT2D eigenvalue weighted by atomic mass is 16.7. The minimum absolute atomic E-state index is 0.184. The van der Waals surface area contributed by atoms with Gasteiger partial charge in [0, 0.05) is 18.1 Å². The Bertz CT molecular complexity index is 985. The van der Waals surface area contributed by atoms with Crippen LogP contribution in [0, 0.1) is 5.92 Å². The van der Waals surface area contributed by atoms with E-state index in [4.69, 9.17) is 13.9 Å². The molecule has 27 heavy (non-hydrogen) atoms. The van der Waals surface area contributed by atoms with E-state index in [1.165, 1.54) is 12.1 Å². The van der Waals surface area contributed by atoms with Gasteiger partial charge in [-0.3, -0.25) is 4.79 Å². The van der Waals surface area contributed by atoms with E-state index < -0.39 is 30.5 Å². The molecule has 1 aromatic rings. The summed E-state index contributed by atoms with van der Waals surface area (Å²) in [6.45, 7) is 1.38. The first kappa shape index (κ1) is 17.9. The molecule has 1 aliphatic carbocycles. The van der Waals surface area contributed by atoms with Crippen LogP contribution in [0.5, 0.6) is 5.75 Å². The summed E-state index contributed by atoms with van der Waals surface area (Å²) >= 11 is 0. The molecule has 0 amide bonds. The quantitative estimate of drug-likeness (QED) is 0.575. The van der Waals surface area contributed by atoms with Crippen LogP contribution in [0.2, 0.25) is 0 Å². The van der Waals surface area contributed by atoms with Crippen LogP contribution >= 0.6 is 0 Å². The molecule has 8 nitrogen and oxygen atoms in total. The van der Waals surface area contributed by atoms with Crippen LogP contribution in [0.1, 0.15) is 6.92 Å². The van der Waals surface area contributed by atoms with Gasteiger partial charge in [-0.1, -0.05) is 6.92 Å². The zero-order chi connectivity index (χ0) is 19.1. The van der Waals surface area contributed by atoms with E-state index in [0.717, 1.165) is 0 Å². The number of rotatable bonds is 3. The van der Waals surface area contributed by atoms with Gasteiger partial charge in [-0.15, -0.1) is 0 Å². The average molecular weight is 373 g/mol. The van der Waals surface area contributed by atoms with Gasteiger partial charge in [0.2, 0.25) is 6.29 Å². The summed E-state index contributed by atoms with van der Waals surface area (Å²) in [5.41, 5.74) is 1.34. The Kier molecular flexibility index (Phi) is 4.56. The molecule has 142 valence electrons. The zero-order valence-corrected chi connectivity index (χ0v) is 14.5. The molecule has 3 aliphatic rings. The molecule has 2 aliphatic heterocycles. The molecular weight excluding hydrogens is 354 g/mol.